The summed E-state index contributed by atoms with van der Waals surface area (Å²) >= 11 is 5.61. The van der Waals surface area contributed by atoms with Gasteiger partial charge >= 0.3 is 0 Å². The fraction of sp³-hybridized carbons (Fsp3) is 1.00. The zero-order valence-corrected chi connectivity index (χ0v) is 13.8. The third-order valence-corrected chi connectivity index (χ3v) is 7.71. The summed E-state index contributed by atoms with van der Waals surface area (Å²) in [6, 6.07) is 0.0798. The number of hydrogen-bond acceptors (Lipinski definition) is 2. The molecule has 4 fully saturated rings. The molecule has 0 heterocycles. The van der Waals surface area contributed by atoms with Crippen LogP contribution in [0, 0.1) is 23.2 Å². The van der Waals surface area contributed by atoms with Gasteiger partial charge in [-0.1, -0.05) is 0 Å². The first kappa shape index (κ1) is 15.1. The van der Waals surface area contributed by atoms with E-state index in [4.69, 9.17) is 11.6 Å². The van der Waals surface area contributed by atoms with Gasteiger partial charge in [-0.3, -0.25) is 0 Å². The highest BCUT2D eigenvalue weighted by molar-refractivity contribution is 7.89. The SMILES string of the molecule is CC(NS(=O)(=O)CCCCl)C12CC3CC(CC(C3)C1)C2. The molecule has 0 radical (unpaired) electrons. The fourth-order valence-corrected chi connectivity index (χ4v) is 7.13. The van der Waals surface area contributed by atoms with Crippen LogP contribution in [0.1, 0.15) is 51.9 Å². The number of sulfonamides is 1. The first-order chi connectivity index (χ1) is 9.42. The predicted octanol–water partition coefficient (Wildman–Crippen LogP) is 3.14. The number of alkyl halides is 1. The van der Waals surface area contributed by atoms with Crippen molar-refractivity contribution in [1.29, 1.82) is 0 Å². The Labute approximate surface area is 127 Å². The first-order valence-corrected chi connectivity index (χ1v) is 10.2. The van der Waals surface area contributed by atoms with Crippen molar-refractivity contribution >= 4 is 21.6 Å². The van der Waals surface area contributed by atoms with E-state index in [0.29, 0.717) is 12.3 Å². The molecule has 4 aliphatic rings. The molecule has 5 heteroatoms. The van der Waals surface area contributed by atoms with Crippen LogP contribution < -0.4 is 4.72 Å². The van der Waals surface area contributed by atoms with Gasteiger partial charge in [0, 0.05) is 11.9 Å². The smallest absolute Gasteiger partial charge is 0.211 e. The van der Waals surface area contributed by atoms with Crippen molar-refractivity contribution < 1.29 is 8.42 Å². The molecule has 0 aromatic carbocycles. The van der Waals surface area contributed by atoms with Gasteiger partial charge in [0.15, 0.2) is 0 Å². The van der Waals surface area contributed by atoms with Crippen LogP contribution in [0.25, 0.3) is 0 Å². The Balaban J connectivity index is 1.69. The van der Waals surface area contributed by atoms with E-state index in [1.165, 1.54) is 38.5 Å². The van der Waals surface area contributed by atoms with E-state index in [2.05, 4.69) is 11.6 Å². The highest BCUT2D eigenvalue weighted by Crippen LogP contribution is 2.61. The molecule has 1 unspecified atom stereocenters. The van der Waals surface area contributed by atoms with Crippen LogP contribution in [0.5, 0.6) is 0 Å². The number of nitrogens with one attached hydrogen (secondary N) is 1. The summed E-state index contributed by atoms with van der Waals surface area (Å²) in [5.74, 6) is 3.14. The van der Waals surface area contributed by atoms with Crippen molar-refractivity contribution in [1.82, 2.24) is 4.72 Å². The molecule has 20 heavy (non-hydrogen) atoms. The van der Waals surface area contributed by atoms with Crippen LogP contribution in [-0.2, 0) is 10.0 Å². The lowest BCUT2D eigenvalue weighted by molar-refractivity contribution is -0.0666. The molecule has 0 spiro atoms. The Hall–Kier alpha value is 0.200. The Morgan fingerprint density at radius 1 is 1.15 bits per heavy atom. The van der Waals surface area contributed by atoms with Gasteiger partial charge in [-0.25, -0.2) is 13.1 Å². The molecule has 116 valence electrons. The summed E-state index contributed by atoms with van der Waals surface area (Å²) in [5, 5.41) is 0. The van der Waals surface area contributed by atoms with E-state index in [0.717, 1.165) is 17.8 Å². The molecule has 4 aliphatic carbocycles. The van der Waals surface area contributed by atoms with E-state index in [9.17, 15) is 8.42 Å². The lowest BCUT2D eigenvalue weighted by Crippen LogP contribution is -2.56. The minimum Gasteiger partial charge on any atom is -0.212 e. The number of rotatable bonds is 6. The molecular weight excluding hydrogens is 294 g/mol. The van der Waals surface area contributed by atoms with Gasteiger partial charge in [-0.15, -0.1) is 11.6 Å². The van der Waals surface area contributed by atoms with E-state index < -0.39 is 10.0 Å². The maximum atomic E-state index is 12.1. The Morgan fingerprint density at radius 2 is 1.65 bits per heavy atom. The van der Waals surface area contributed by atoms with Crippen molar-refractivity contribution in [2.45, 2.75) is 57.9 Å². The minimum atomic E-state index is -3.17. The van der Waals surface area contributed by atoms with Crippen molar-refractivity contribution in [2.75, 3.05) is 11.6 Å². The average molecular weight is 320 g/mol. The summed E-state index contributed by atoms with van der Waals surface area (Å²) in [5.41, 5.74) is 0.239. The number of hydrogen-bond donors (Lipinski definition) is 1. The quantitative estimate of drug-likeness (QED) is 0.764. The molecule has 1 atom stereocenters. The summed E-state index contributed by atoms with van der Waals surface area (Å²) in [6.07, 6.45) is 8.42. The summed E-state index contributed by atoms with van der Waals surface area (Å²) in [6.45, 7) is 2.09. The van der Waals surface area contributed by atoms with E-state index in [1.807, 2.05) is 0 Å². The second-order valence-electron chi connectivity index (χ2n) is 7.48. The maximum absolute atomic E-state index is 12.1. The van der Waals surface area contributed by atoms with Crippen molar-refractivity contribution in [3.63, 3.8) is 0 Å². The molecule has 4 saturated carbocycles. The molecular formula is C15H26ClNO2S. The summed E-state index contributed by atoms with van der Waals surface area (Å²) < 4.78 is 27.2. The van der Waals surface area contributed by atoms with Crippen molar-refractivity contribution in [3.05, 3.63) is 0 Å². The Morgan fingerprint density at radius 3 is 2.10 bits per heavy atom. The van der Waals surface area contributed by atoms with Gasteiger partial charge in [0.05, 0.1) is 5.75 Å². The lowest BCUT2D eigenvalue weighted by Gasteiger charge is -2.59. The van der Waals surface area contributed by atoms with Crippen LogP contribution in [0.2, 0.25) is 0 Å². The molecule has 0 amide bonds. The van der Waals surface area contributed by atoms with Crippen LogP contribution in [-0.4, -0.2) is 26.1 Å². The normalized spacial score (nSPS) is 41.0. The summed E-state index contributed by atoms with van der Waals surface area (Å²) in [4.78, 5) is 0. The van der Waals surface area contributed by atoms with Gasteiger partial charge in [-0.2, -0.15) is 0 Å². The first-order valence-electron chi connectivity index (χ1n) is 7.98. The van der Waals surface area contributed by atoms with Crippen LogP contribution in [0.4, 0.5) is 0 Å². The monoisotopic (exact) mass is 319 g/mol. The molecule has 0 aromatic heterocycles. The standard InChI is InChI=1S/C15H26ClNO2S/c1-11(17-20(18,19)4-2-3-16)15-8-12-5-13(9-15)7-14(6-12)10-15/h11-14,17H,2-10H2,1H3. The number of halogens is 1. The highest BCUT2D eigenvalue weighted by atomic mass is 35.5. The molecule has 0 aliphatic heterocycles. The van der Waals surface area contributed by atoms with Crippen molar-refractivity contribution in [2.24, 2.45) is 23.2 Å². The third-order valence-electron chi connectivity index (χ3n) is 5.91. The van der Waals surface area contributed by atoms with Crippen LogP contribution in [0.15, 0.2) is 0 Å². The molecule has 4 rings (SSSR count). The molecule has 4 bridgehead atoms. The maximum Gasteiger partial charge on any atom is 0.211 e. The van der Waals surface area contributed by atoms with E-state index in [1.54, 1.807) is 0 Å². The lowest BCUT2D eigenvalue weighted by atomic mass is 9.48. The van der Waals surface area contributed by atoms with Gasteiger partial charge in [0.2, 0.25) is 10.0 Å². The predicted molar refractivity (Wildman–Crippen MR) is 82.3 cm³/mol. The summed E-state index contributed by atoms with van der Waals surface area (Å²) in [7, 11) is -3.17. The minimum absolute atomic E-state index is 0.0798. The zero-order chi connectivity index (χ0) is 14.4. The molecule has 3 nitrogen and oxygen atoms in total. The van der Waals surface area contributed by atoms with Gasteiger partial charge < -0.3 is 0 Å². The largest absolute Gasteiger partial charge is 0.212 e. The van der Waals surface area contributed by atoms with Gasteiger partial charge in [0.1, 0.15) is 0 Å². The Kier molecular flexibility index (Phi) is 4.11. The topological polar surface area (TPSA) is 46.2 Å². The van der Waals surface area contributed by atoms with E-state index in [-0.39, 0.29) is 17.2 Å². The molecule has 1 N–H and O–H groups in total. The van der Waals surface area contributed by atoms with Crippen LogP contribution >= 0.6 is 11.6 Å². The average Bonchev–Trinajstić information content (AvgIpc) is 2.34. The molecule has 0 saturated heterocycles. The Bertz CT molecular complexity index is 427. The zero-order valence-electron chi connectivity index (χ0n) is 12.3. The van der Waals surface area contributed by atoms with Crippen LogP contribution in [0.3, 0.4) is 0 Å². The third kappa shape index (κ3) is 2.89. The van der Waals surface area contributed by atoms with Gasteiger partial charge in [-0.05, 0) is 75.0 Å². The highest BCUT2D eigenvalue weighted by Gasteiger charge is 2.53. The van der Waals surface area contributed by atoms with E-state index >= 15 is 0 Å². The van der Waals surface area contributed by atoms with Crippen molar-refractivity contribution in [3.8, 4) is 0 Å². The second-order valence-corrected chi connectivity index (χ2v) is 9.73. The fourth-order valence-electron chi connectivity index (χ4n) is 5.41. The second kappa shape index (κ2) is 5.44. The van der Waals surface area contributed by atoms with Gasteiger partial charge in [0.25, 0.3) is 0 Å². The molecule has 0 aromatic rings.